The summed E-state index contributed by atoms with van der Waals surface area (Å²) in [7, 11) is 1.65. The summed E-state index contributed by atoms with van der Waals surface area (Å²) in [5.74, 6) is -0.433. The van der Waals surface area contributed by atoms with Crippen LogP contribution in [0.5, 0.6) is 0 Å². The van der Waals surface area contributed by atoms with E-state index in [0.717, 1.165) is 5.75 Å². The molecule has 3 amide bonds. The number of nitrogens with one attached hydrogen (secondary N) is 1. The Kier molecular flexibility index (Phi) is 9.03. The van der Waals surface area contributed by atoms with Crippen LogP contribution in [0.2, 0.25) is 0 Å². The van der Waals surface area contributed by atoms with E-state index >= 15 is 0 Å². The molecule has 0 saturated heterocycles. The molecule has 0 spiro atoms. The number of nitrogens with zero attached hydrogens (tertiary/aromatic N) is 1. The predicted octanol–water partition coefficient (Wildman–Crippen LogP) is 1.55. The molecule has 6 nitrogen and oxygen atoms in total. The van der Waals surface area contributed by atoms with Crippen molar-refractivity contribution >= 4 is 29.7 Å². The third kappa shape index (κ3) is 8.47. The van der Waals surface area contributed by atoms with E-state index in [0.29, 0.717) is 12.8 Å². The molecule has 0 fully saturated rings. The minimum atomic E-state index is -0.873. The maximum Gasteiger partial charge on any atom is 0.324 e. The Morgan fingerprint density at radius 3 is 2.37 bits per heavy atom. The maximum atomic E-state index is 11.7. The minimum Gasteiger partial charge on any atom is -0.481 e. The summed E-state index contributed by atoms with van der Waals surface area (Å²) >= 11 is 1.63. The summed E-state index contributed by atoms with van der Waals surface area (Å²) in [6, 6.07) is -0.361. The van der Waals surface area contributed by atoms with Gasteiger partial charge in [0.1, 0.15) is 0 Å². The number of carboxylic acid groups (broad SMARTS) is 1. The van der Waals surface area contributed by atoms with Crippen molar-refractivity contribution in [1.29, 1.82) is 0 Å². The highest BCUT2D eigenvalue weighted by Crippen LogP contribution is 2.04. The number of carbonyl (C=O) groups excluding carboxylic acids is 2. The van der Waals surface area contributed by atoms with E-state index < -0.39 is 12.0 Å². The highest BCUT2D eigenvalue weighted by molar-refractivity contribution is 7.98. The van der Waals surface area contributed by atoms with E-state index in [1.807, 2.05) is 13.2 Å². The first kappa shape index (κ1) is 17.8. The van der Waals surface area contributed by atoms with Crippen LogP contribution in [0.25, 0.3) is 0 Å². The molecule has 0 aliphatic carbocycles. The van der Waals surface area contributed by atoms with Crippen LogP contribution in [0, 0.1) is 0 Å². The van der Waals surface area contributed by atoms with Crippen LogP contribution >= 0.6 is 11.8 Å². The van der Waals surface area contributed by atoms with Crippen molar-refractivity contribution in [2.45, 2.75) is 38.6 Å². The van der Waals surface area contributed by atoms with Gasteiger partial charge >= 0.3 is 12.0 Å². The van der Waals surface area contributed by atoms with Crippen LogP contribution in [0.4, 0.5) is 4.79 Å². The molecule has 1 atom stereocenters. The molecule has 0 aliphatic heterocycles. The standard InChI is InChI=1S/C12H22N2O4S/c1-9(8-19-3)14(2)12(18)13-10(15)6-4-5-7-11(16)17/h9H,4-8H2,1-3H3,(H,16,17)(H,13,15,18). The highest BCUT2D eigenvalue weighted by atomic mass is 32.2. The summed E-state index contributed by atoms with van der Waals surface area (Å²) < 4.78 is 0. The molecule has 7 heteroatoms. The monoisotopic (exact) mass is 290 g/mol. The van der Waals surface area contributed by atoms with Gasteiger partial charge in [0.15, 0.2) is 0 Å². The van der Waals surface area contributed by atoms with Crippen molar-refractivity contribution < 1.29 is 19.5 Å². The summed E-state index contributed by atoms with van der Waals surface area (Å²) in [4.78, 5) is 34.9. The molecule has 110 valence electrons. The van der Waals surface area contributed by atoms with E-state index in [1.54, 1.807) is 18.8 Å². The lowest BCUT2D eigenvalue weighted by Gasteiger charge is -2.24. The first-order chi connectivity index (χ1) is 8.88. The van der Waals surface area contributed by atoms with Crippen molar-refractivity contribution in [3.05, 3.63) is 0 Å². The molecule has 0 saturated carbocycles. The minimum absolute atomic E-state index is 0.0475. The van der Waals surface area contributed by atoms with Crippen molar-refractivity contribution in [3.8, 4) is 0 Å². The van der Waals surface area contributed by atoms with Gasteiger partial charge in [-0.15, -0.1) is 0 Å². The topological polar surface area (TPSA) is 86.7 Å². The average molecular weight is 290 g/mol. The van der Waals surface area contributed by atoms with Gasteiger partial charge in [0.05, 0.1) is 0 Å². The molecule has 0 aromatic rings. The number of urea groups is 1. The van der Waals surface area contributed by atoms with Crippen LogP contribution in [-0.2, 0) is 9.59 Å². The molecule has 0 aromatic heterocycles. The van der Waals surface area contributed by atoms with E-state index in [9.17, 15) is 14.4 Å². The van der Waals surface area contributed by atoms with Gasteiger partial charge in [0, 0.05) is 31.7 Å². The Bertz CT molecular complexity index is 323. The number of carboxylic acids is 1. The average Bonchev–Trinajstić information content (AvgIpc) is 2.33. The van der Waals surface area contributed by atoms with Gasteiger partial charge in [-0.3, -0.25) is 14.9 Å². The summed E-state index contributed by atoms with van der Waals surface area (Å²) in [6.07, 6.45) is 3.08. The second-order valence-corrected chi connectivity index (χ2v) is 5.28. The number of rotatable bonds is 8. The molecule has 1 unspecified atom stereocenters. The van der Waals surface area contributed by atoms with Crippen LogP contribution < -0.4 is 5.32 Å². The Hall–Kier alpha value is -1.24. The summed E-state index contributed by atoms with van der Waals surface area (Å²) in [5.41, 5.74) is 0. The van der Waals surface area contributed by atoms with Crippen LogP contribution in [-0.4, -0.2) is 53.0 Å². The maximum absolute atomic E-state index is 11.7. The Balaban J connectivity index is 3.91. The molecular weight excluding hydrogens is 268 g/mol. The molecule has 0 aromatic carbocycles. The van der Waals surface area contributed by atoms with E-state index in [-0.39, 0.29) is 24.8 Å². The first-order valence-electron chi connectivity index (χ1n) is 6.15. The van der Waals surface area contributed by atoms with E-state index in [4.69, 9.17) is 5.11 Å². The van der Waals surface area contributed by atoms with E-state index in [1.165, 1.54) is 4.90 Å². The van der Waals surface area contributed by atoms with Crippen molar-refractivity contribution in [2.24, 2.45) is 0 Å². The lowest BCUT2D eigenvalue weighted by atomic mass is 10.2. The first-order valence-corrected chi connectivity index (χ1v) is 7.55. The number of aliphatic carboxylic acids is 1. The molecule has 19 heavy (non-hydrogen) atoms. The molecule has 2 N–H and O–H groups in total. The van der Waals surface area contributed by atoms with Crippen molar-refractivity contribution in [2.75, 3.05) is 19.1 Å². The van der Waals surface area contributed by atoms with Gasteiger partial charge in [0.25, 0.3) is 0 Å². The number of carbonyl (C=O) groups is 3. The quantitative estimate of drug-likeness (QED) is 0.662. The second-order valence-electron chi connectivity index (χ2n) is 4.37. The van der Waals surface area contributed by atoms with Crippen LogP contribution in [0.3, 0.4) is 0 Å². The number of imide groups is 1. The molecule has 0 rings (SSSR count). The van der Waals surface area contributed by atoms with Crippen molar-refractivity contribution in [1.82, 2.24) is 10.2 Å². The van der Waals surface area contributed by atoms with Crippen molar-refractivity contribution in [3.63, 3.8) is 0 Å². The third-order valence-corrected chi connectivity index (χ3v) is 3.50. The fourth-order valence-electron chi connectivity index (χ4n) is 1.38. The normalized spacial score (nSPS) is 11.7. The number of amides is 3. The number of thioether (sulfide) groups is 1. The Morgan fingerprint density at radius 2 is 1.84 bits per heavy atom. The third-order valence-electron chi connectivity index (χ3n) is 2.68. The summed E-state index contributed by atoms with van der Waals surface area (Å²) in [5, 5.41) is 10.7. The van der Waals surface area contributed by atoms with Gasteiger partial charge in [-0.1, -0.05) is 0 Å². The lowest BCUT2D eigenvalue weighted by Crippen LogP contribution is -2.45. The SMILES string of the molecule is CSCC(C)N(C)C(=O)NC(=O)CCCCC(=O)O. The fourth-order valence-corrected chi connectivity index (χ4v) is 2.09. The second kappa shape index (κ2) is 9.66. The smallest absolute Gasteiger partial charge is 0.324 e. The highest BCUT2D eigenvalue weighted by Gasteiger charge is 2.17. The lowest BCUT2D eigenvalue weighted by molar-refractivity contribution is -0.137. The molecule has 0 radical (unpaired) electrons. The van der Waals surface area contributed by atoms with Gasteiger partial charge in [-0.2, -0.15) is 11.8 Å². The van der Waals surface area contributed by atoms with E-state index in [2.05, 4.69) is 5.32 Å². The molecule has 0 heterocycles. The molecule has 0 bridgehead atoms. The molecule has 0 aliphatic rings. The molecular formula is C12H22N2O4S. The number of hydrogen-bond donors (Lipinski definition) is 2. The zero-order valence-corrected chi connectivity index (χ0v) is 12.5. The van der Waals surface area contributed by atoms with Gasteiger partial charge in [-0.05, 0) is 26.0 Å². The zero-order valence-electron chi connectivity index (χ0n) is 11.6. The predicted molar refractivity (Wildman–Crippen MR) is 75.2 cm³/mol. The fraction of sp³-hybridized carbons (Fsp3) is 0.750. The Morgan fingerprint density at radius 1 is 1.26 bits per heavy atom. The van der Waals surface area contributed by atoms with Gasteiger partial charge in [-0.25, -0.2) is 4.79 Å². The largest absolute Gasteiger partial charge is 0.481 e. The van der Waals surface area contributed by atoms with Crippen LogP contribution in [0.15, 0.2) is 0 Å². The zero-order chi connectivity index (χ0) is 14.8. The summed E-state index contributed by atoms with van der Waals surface area (Å²) in [6.45, 7) is 1.91. The number of hydrogen-bond acceptors (Lipinski definition) is 4. The van der Waals surface area contributed by atoms with Crippen LogP contribution in [0.1, 0.15) is 32.6 Å². The van der Waals surface area contributed by atoms with Gasteiger partial charge < -0.3 is 10.0 Å². The Labute approximate surface area is 117 Å². The van der Waals surface area contributed by atoms with Gasteiger partial charge in [0.2, 0.25) is 5.91 Å². The number of unbranched alkanes of at least 4 members (excludes halogenated alkanes) is 1.